The van der Waals surface area contributed by atoms with Crippen LogP contribution in [0.15, 0.2) is 17.0 Å². The highest BCUT2D eigenvalue weighted by Crippen LogP contribution is 2.27. The minimum atomic E-state index is -3.82. The number of likely N-dealkylation sites (tertiary alicyclic amines) is 1. The average Bonchev–Trinajstić information content (AvgIpc) is 2.85. The Morgan fingerprint density at radius 2 is 2.09 bits per heavy atom. The molecule has 1 heterocycles. The first-order valence-corrected chi connectivity index (χ1v) is 8.75. The first-order chi connectivity index (χ1) is 10.2. The lowest BCUT2D eigenvalue weighted by Gasteiger charge is -2.22. The third kappa shape index (κ3) is 3.42. The van der Waals surface area contributed by atoms with Crippen molar-refractivity contribution >= 4 is 27.5 Å². The van der Waals surface area contributed by atoms with Gasteiger partial charge in [-0.2, -0.15) is 4.31 Å². The van der Waals surface area contributed by atoms with Gasteiger partial charge in [0.2, 0.25) is 15.9 Å². The number of likely N-dealkylation sites (N-methyl/N-ethyl adjacent to an activating group) is 1. The van der Waals surface area contributed by atoms with Gasteiger partial charge in [0.15, 0.2) is 0 Å². The predicted octanol–water partition coefficient (Wildman–Crippen LogP) is 2.03. The standard InChI is InChI=1S/C14H18ClFN2O3S/c1-10-8-13(11(15)9-12(10)16)22(20,21)17(2)6-7-18-5-3-4-14(18)19/h8-9H,3-7H2,1-2H3. The molecule has 0 radical (unpaired) electrons. The summed E-state index contributed by atoms with van der Waals surface area (Å²) in [5, 5.41) is -0.146. The van der Waals surface area contributed by atoms with E-state index in [1.165, 1.54) is 20.0 Å². The number of sulfonamides is 1. The summed E-state index contributed by atoms with van der Waals surface area (Å²) >= 11 is 5.87. The average molecular weight is 349 g/mol. The van der Waals surface area contributed by atoms with Crippen LogP contribution in [-0.4, -0.2) is 50.2 Å². The van der Waals surface area contributed by atoms with Gasteiger partial charge in [-0.1, -0.05) is 11.6 Å². The number of rotatable bonds is 5. The molecule has 0 unspecified atom stereocenters. The lowest BCUT2D eigenvalue weighted by molar-refractivity contribution is -0.127. The molecule has 1 aliphatic heterocycles. The molecule has 0 saturated carbocycles. The van der Waals surface area contributed by atoms with Crippen LogP contribution in [0, 0.1) is 12.7 Å². The zero-order chi connectivity index (χ0) is 16.5. The summed E-state index contributed by atoms with van der Waals surface area (Å²) < 4.78 is 39.6. The Kier molecular flexibility index (Phi) is 5.09. The van der Waals surface area contributed by atoms with Gasteiger partial charge < -0.3 is 4.90 Å². The lowest BCUT2D eigenvalue weighted by atomic mass is 10.2. The number of carbonyl (C=O) groups is 1. The molecule has 0 bridgehead atoms. The Hall–Kier alpha value is -1.18. The zero-order valence-corrected chi connectivity index (χ0v) is 14.0. The second kappa shape index (κ2) is 6.52. The highest BCUT2D eigenvalue weighted by atomic mass is 35.5. The minimum Gasteiger partial charge on any atom is -0.341 e. The van der Waals surface area contributed by atoms with E-state index in [0.717, 1.165) is 16.8 Å². The molecule has 8 heteroatoms. The van der Waals surface area contributed by atoms with Gasteiger partial charge in [0.05, 0.1) is 5.02 Å². The molecule has 0 atom stereocenters. The topological polar surface area (TPSA) is 57.7 Å². The molecule has 0 aliphatic carbocycles. The fourth-order valence-corrected chi connectivity index (χ4v) is 4.05. The highest BCUT2D eigenvalue weighted by Gasteiger charge is 2.26. The van der Waals surface area contributed by atoms with Crippen molar-refractivity contribution < 1.29 is 17.6 Å². The monoisotopic (exact) mass is 348 g/mol. The fourth-order valence-electron chi connectivity index (χ4n) is 2.32. The summed E-state index contributed by atoms with van der Waals surface area (Å²) in [5.41, 5.74) is 0.214. The predicted molar refractivity (Wildman–Crippen MR) is 81.8 cm³/mol. The van der Waals surface area contributed by atoms with Crippen molar-refractivity contribution in [2.75, 3.05) is 26.7 Å². The Morgan fingerprint density at radius 3 is 2.68 bits per heavy atom. The lowest BCUT2D eigenvalue weighted by Crippen LogP contribution is -2.37. The molecule has 5 nitrogen and oxygen atoms in total. The van der Waals surface area contributed by atoms with E-state index in [9.17, 15) is 17.6 Å². The van der Waals surface area contributed by atoms with Crippen LogP contribution < -0.4 is 0 Å². The number of hydrogen-bond donors (Lipinski definition) is 0. The van der Waals surface area contributed by atoms with Crippen molar-refractivity contribution in [3.63, 3.8) is 0 Å². The first-order valence-electron chi connectivity index (χ1n) is 6.93. The third-order valence-corrected chi connectivity index (χ3v) is 6.08. The van der Waals surface area contributed by atoms with Crippen LogP contribution in [0.5, 0.6) is 0 Å². The summed E-state index contributed by atoms with van der Waals surface area (Å²) in [7, 11) is -2.40. The van der Waals surface area contributed by atoms with Crippen LogP contribution >= 0.6 is 11.6 Å². The summed E-state index contributed by atoms with van der Waals surface area (Å²) in [6, 6.07) is 2.23. The van der Waals surface area contributed by atoms with E-state index in [-0.39, 0.29) is 27.9 Å². The van der Waals surface area contributed by atoms with Crippen molar-refractivity contribution in [1.29, 1.82) is 0 Å². The third-order valence-electron chi connectivity index (χ3n) is 3.76. The molecule has 1 aliphatic rings. The maximum Gasteiger partial charge on any atom is 0.244 e. The number of carbonyl (C=O) groups excluding carboxylic acids is 1. The molecular weight excluding hydrogens is 331 g/mol. The van der Waals surface area contributed by atoms with E-state index < -0.39 is 15.8 Å². The van der Waals surface area contributed by atoms with E-state index in [1.807, 2.05) is 0 Å². The first kappa shape index (κ1) is 17.2. The molecule has 122 valence electrons. The number of aryl methyl sites for hydroxylation is 1. The van der Waals surface area contributed by atoms with Crippen molar-refractivity contribution in [3.05, 3.63) is 28.5 Å². The van der Waals surface area contributed by atoms with Gasteiger partial charge in [-0.05, 0) is 31.0 Å². The van der Waals surface area contributed by atoms with Gasteiger partial charge in [-0.15, -0.1) is 0 Å². The molecule has 2 rings (SSSR count). The van der Waals surface area contributed by atoms with Crippen molar-refractivity contribution in [2.45, 2.75) is 24.7 Å². The summed E-state index contributed by atoms with van der Waals surface area (Å²) in [5.74, 6) is -0.504. The molecule has 1 saturated heterocycles. The minimum absolute atomic E-state index is 0.0430. The van der Waals surface area contributed by atoms with E-state index in [0.29, 0.717) is 19.5 Å². The Bertz CT molecular complexity index is 694. The Balaban J connectivity index is 2.15. The fraction of sp³-hybridized carbons (Fsp3) is 0.500. The van der Waals surface area contributed by atoms with Crippen LogP contribution in [-0.2, 0) is 14.8 Å². The van der Waals surface area contributed by atoms with Gasteiger partial charge >= 0.3 is 0 Å². The maximum atomic E-state index is 13.4. The quantitative estimate of drug-likeness (QED) is 0.818. The molecule has 1 amide bonds. The summed E-state index contributed by atoms with van der Waals surface area (Å²) in [6.07, 6.45) is 1.32. The van der Waals surface area contributed by atoms with Gasteiger partial charge in [0.25, 0.3) is 0 Å². The van der Waals surface area contributed by atoms with E-state index in [1.54, 1.807) is 4.90 Å². The van der Waals surface area contributed by atoms with Crippen molar-refractivity contribution in [2.24, 2.45) is 0 Å². The molecule has 1 aromatic rings. The maximum absolute atomic E-state index is 13.4. The van der Waals surface area contributed by atoms with Gasteiger partial charge in [0, 0.05) is 33.1 Å². The summed E-state index contributed by atoms with van der Waals surface area (Å²) in [4.78, 5) is 13.1. The molecule has 22 heavy (non-hydrogen) atoms. The molecule has 0 N–H and O–H groups in total. The Labute approximate surface area is 134 Å². The number of amides is 1. The summed E-state index contributed by atoms with van der Waals surface area (Å²) in [6.45, 7) is 2.64. The molecule has 0 spiro atoms. The molecule has 1 fully saturated rings. The number of hydrogen-bond acceptors (Lipinski definition) is 3. The highest BCUT2D eigenvalue weighted by molar-refractivity contribution is 7.89. The van der Waals surface area contributed by atoms with Crippen LogP contribution in [0.2, 0.25) is 5.02 Å². The number of benzene rings is 1. The van der Waals surface area contributed by atoms with Gasteiger partial charge in [-0.3, -0.25) is 4.79 Å². The van der Waals surface area contributed by atoms with Crippen LogP contribution in [0.3, 0.4) is 0 Å². The second-order valence-electron chi connectivity index (χ2n) is 5.34. The molecule has 0 aromatic heterocycles. The van der Waals surface area contributed by atoms with E-state index >= 15 is 0 Å². The van der Waals surface area contributed by atoms with Crippen LogP contribution in [0.4, 0.5) is 4.39 Å². The number of nitrogens with zero attached hydrogens (tertiary/aromatic N) is 2. The van der Waals surface area contributed by atoms with Crippen LogP contribution in [0.1, 0.15) is 18.4 Å². The molecular formula is C14H18ClFN2O3S. The van der Waals surface area contributed by atoms with Crippen molar-refractivity contribution in [3.8, 4) is 0 Å². The number of halogens is 2. The van der Waals surface area contributed by atoms with E-state index in [2.05, 4.69) is 0 Å². The Morgan fingerprint density at radius 1 is 1.41 bits per heavy atom. The van der Waals surface area contributed by atoms with Gasteiger partial charge in [-0.25, -0.2) is 12.8 Å². The van der Waals surface area contributed by atoms with Crippen LogP contribution in [0.25, 0.3) is 0 Å². The van der Waals surface area contributed by atoms with E-state index in [4.69, 9.17) is 11.6 Å². The largest absolute Gasteiger partial charge is 0.341 e. The zero-order valence-electron chi connectivity index (χ0n) is 12.5. The normalized spacial score (nSPS) is 15.9. The SMILES string of the molecule is Cc1cc(S(=O)(=O)N(C)CCN2CCCC2=O)c(Cl)cc1F. The molecule has 1 aromatic carbocycles. The smallest absolute Gasteiger partial charge is 0.244 e. The van der Waals surface area contributed by atoms with Gasteiger partial charge in [0.1, 0.15) is 10.7 Å². The van der Waals surface area contributed by atoms with Crippen molar-refractivity contribution in [1.82, 2.24) is 9.21 Å². The second-order valence-corrected chi connectivity index (χ2v) is 7.76.